The molecule has 0 aromatic carbocycles. The SMILES string of the molecule is CCONC(=O)N1C(C)CCC1C. The van der Waals surface area contributed by atoms with Gasteiger partial charge in [-0.05, 0) is 33.6 Å². The van der Waals surface area contributed by atoms with Gasteiger partial charge in [0.2, 0.25) is 0 Å². The van der Waals surface area contributed by atoms with Gasteiger partial charge in [0.05, 0.1) is 6.61 Å². The standard InChI is InChI=1S/C9H18N2O2/c1-4-13-10-9(12)11-7(2)5-6-8(11)3/h7-8H,4-6H2,1-3H3,(H,10,12). The Balaban J connectivity index is 2.44. The fourth-order valence-electron chi connectivity index (χ4n) is 1.78. The van der Waals surface area contributed by atoms with E-state index in [-0.39, 0.29) is 6.03 Å². The van der Waals surface area contributed by atoms with Gasteiger partial charge >= 0.3 is 6.03 Å². The monoisotopic (exact) mass is 186 g/mol. The van der Waals surface area contributed by atoms with E-state index in [9.17, 15) is 4.79 Å². The summed E-state index contributed by atoms with van der Waals surface area (Å²) in [4.78, 5) is 18.2. The Morgan fingerprint density at radius 2 is 2.00 bits per heavy atom. The third-order valence-corrected chi connectivity index (χ3v) is 2.49. The highest BCUT2D eigenvalue weighted by Crippen LogP contribution is 2.22. The quantitative estimate of drug-likeness (QED) is 0.664. The fourth-order valence-corrected chi connectivity index (χ4v) is 1.78. The smallest absolute Gasteiger partial charge is 0.318 e. The minimum Gasteiger partial charge on any atom is -0.318 e. The van der Waals surface area contributed by atoms with Crippen LogP contribution in [0.3, 0.4) is 0 Å². The van der Waals surface area contributed by atoms with Crippen LogP contribution >= 0.6 is 0 Å². The van der Waals surface area contributed by atoms with Crippen LogP contribution in [-0.2, 0) is 4.84 Å². The molecule has 0 spiro atoms. The molecule has 1 heterocycles. The third-order valence-electron chi connectivity index (χ3n) is 2.49. The number of hydrogen-bond donors (Lipinski definition) is 1. The Kier molecular flexibility index (Phi) is 3.54. The van der Waals surface area contributed by atoms with Crippen LogP contribution in [0, 0.1) is 0 Å². The molecule has 1 rings (SSSR count). The first-order valence-corrected chi connectivity index (χ1v) is 4.87. The van der Waals surface area contributed by atoms with Gasteiger partial charge in [0, 0.05) is 12.1 Å². The molecule has 0 aliphatic carbocycles. The van der Waals surface area contributed by atoms with E-state index in [1.54, 1.807) is 0 Å². The van der Waals surface area contributed by atoms with Gasteiger partial charge in [-0.3, -0.25) is 4.84 Å². The number of hydroxylamine groups is 1. The highest BCUT2D eigenvalue weighted by atomic mass is 16.7. The molecule has 0 aromatic rings. The van der Waals surface area contributed by atoms with Crippen LogP contribution in [0.25, 0.3) is 0 Å². The summed E-state index contributed by atoms with van der Waals surface area (Å²) in [5.41, 5.74) is 2.42. The molecule has 2 atom stereocenters. The summed E-state index contributed by atoms with van der Waals surface area (Å²) in [7, 11) is 0. The van der Waals surface area contributed by atoms with Crippen LogP contribution < -0.4 is 5.48 Å². The van der Waals surface area contributed by atoms with Crippen LogP contribution in [0.4, 0.5) is 4.79 Å². The lowest BCUT2D eigenvalue weighted by Gasteiger charge is -2.25. The van der Waals surface area contributed by atoms with Crippen LogP contribution in [0.1, 0.15) is 33.6 Å². The van der Waals surface area contributed by atoms with Crippen molar-refractivity contribution in [2.45, 2.75) is 45.7 Å². The molecule has 1 aliphatic heterocycles. The molecule has 1 aliphatic rings. The summed E-state index contributed by atoms with van der Waals surface area (Å²) in [6.07, 6.45) is 2.17. The number of nitrogens with zero attached hydrogens (tertiary/aromatic N) is 1. The largest absolute Gasteiger partial charge is 0.341 e. The molecule has 1 saturated heterocycles. The Bertz CT molecular complexity index is 174. The highest BCUT2D eigenvalue weighted by Gasteiger charge is 2.31. The third kappa shape index (κ3) is 2.34. The van der Waals surface area contributed by atoms with Crippen molar-refractivity contribution >= 4 is 6.03 Å². The first-order valence-electron chi connectivity index (χ1n) is 4.87. The second-order valence-corrected chi connectivity index (χ2v) is 3.52. The maximum atomic E-state index is 11.5. The van der Waals surface area contributed by atoms with E-state index in [0.717, 1.165) is 12.8 Å². The lowest BCUT2D eigenvalue weighted by Crippen LogP contribution is -2.45. The number of nitrogens with one attached hydrogen (secondary N) is 1. The number of likely N-dealkylation sites (tertiary alicyclic amines) is 1. The maximum Gasteiger partial charge on any atom is 0.341 e. The normalized spacial score (nSPS) is 27.8. The zero-order valence-corrected chi connectivity index (χ0v) is 8.54. The first kappa shape index (κ1) is 10.3. The van der Waals surface area contributed by atoms with Crippen molar-refractivity contribution in [3.05, 3.63) is 0 Å². The lowest BCUT2D eigenvalue weighted by molar-refractivity contribution is 0.0507. The topological polar surface area (TPSA) is 41.6 Å². The van der Waals surface area contributed by atoms with Crippen LogP contribution in [0.5, 0.6) is 0 Å². The molecule has 0 aromatic heterocycles. The Morgan fingerprint density at radius 1 is 1.46 bits per heavy atom. The van der Waals surface area contributed by atoms with Gasteiger partial charge in [-0.2, -0.15) is 0 Å². The molecule has 1 N–H and O–H groups in total. The molecule has 76 valence electrons. The number of hydrogen-bond acceptors (Lipinski definition) is 2. The molecular formula is C9H18N2O2. The van der Waals surface area contributed by atoms with Gasteiger partial charge in [0.1, 0.15) is 0 Å². The van der Waals surface area contributed by atoms with Gasteiger partial charge < -0.3 is 4.90 Å². The second kappa shape index (κ2) is 4.46. The van der Waals surface area contributed by atoms with E-state index < -0.39 is 0 Å². The first-order chi connectivity index (χ1) is 6.16. The molecule has 0 bridgehead atoms. The van der Waals surface area contributed by atoms with Gasteiger partial charge in [-0.1, -0.05) is 0 Å². The van der Waals surface area contributed by atoms with E-state index in [1.165, 1.54) is 0 Å². The van der Waals surface area contributed by atoms with Gasteiger partial charge in [-0.25, -0.2) is 10.3 Å². The summed E-state index contributed by atoms with van der Waals surface area (Å²) in [6.45, 7) is 6.48. The maximum absolute atomic E-state index is 11.5. The van der Waals surface area contributed by atoms with E-state index >= 15 is 0 Å². The number of carbonyl (C=O) groups is 1. The van der Waals surface area contributed by atoms with Crippen molar-refractivity contribution in [3.8, 4) is 0 Å². The average Bonchev–Trinajstić information content (AvgIpc) is 2.42. The second-order valence-electron chi connectivity index (χ2n) is 3.52. The average molecular weight is 186 g/mol. The van der Waals surface area contributed by atoms with Crippen LogP contribution in [-0.4, -0.2) is 29.6 Å². The molecule has 13 heavy (non-hydrogen) atoms. The molecule has 1 fully saturated rings. The molecule has 4 nitrogen and oxygen atoms in total. The Labute approximate surface area is 79.2 Å². The number of carbonyl (C=O) groups excluding carboxylic acids is 1. The predicted octanol–water partition coefficient (Wildman–Crippen LogP) is 1.52. The predicted molar refractivity (Wildman–Crippen MR) is 50.2 cm³/mol. The minimum atomic E-state index is -0.112. The molecule has 0 radical (unpaired) electrons. The van der Waals surface area contributed by atoms with Gasteiger partial charge in [0.15, 0.2) is 0 Å². The van der Waals surface area contributed by atoms with Crippen molar-refractivity contribution in [2.24, 2.45) is 0 Å². The van der Waals surface area contributed by atoms with Crippen molar-refractivity contribution in [2.75, 3.05) is 6.61 Å². The summed E-state index contributed by atoms with van der Waals surface area (Å²) >= 11 is 0. The summed E-state index contributed by atoms with van der Waals surface area (Å²) in [6, 6.07) is 0.547. The van der Waals surface area contributed by atoms with Gasteiger partial charge in [-0.15, -0.1) is 0 Å². The molecule has 4 heteroatoms. The number of amides is 2. The van der Waals surface area contributed by atoms with Crippen molar-refractivity contribution in [1.29, 1.82) is 0 Å². The lowest BCUT2D eigenvalue weighted by atomic mass is 10.2. The van der Waals surface area contributed by atoms with Crippen LogP contribution in [0.15, 0.2) is 0 Å². The van der Waals surface area contributed by atoms with Crippen molar-refractivity contribution < 1.29 is 9.63 Å². The molecule has 0 saturated carbocycles. The van der Waals surface area contributed by atoms with Crippen LogP contribution in [0.2, 0.25) is 0 Å². The minimum absolute atomic E-state index is 0.112. The van der Waals surface area contributed by atoms with Crippen molar-refractivity contribution in [1.82, 2.24) is 10.4 Å². The summed E-state index contributed by atoms with van der Waals surface area (Å²) in [5.74, 6) is 0. The van der Waals surface area contributed by atoms with E-state index in [1.807, 2.05) is 11.8 Å². The summed E-state index contributed by atoms with van der Waals surface area (Å²) < 4.78 is 0. The van der Waals surface area contributed by atoms with Crippen molar-refractivity contribution in [3.63, 3.8) is 0 Å². The fraction of sp³-hybridized carbons (Fsp3) is 0.889. The van der Waals surface area contributed by atoms with E-state index in [2.05, 4.69) is 19.3 Å². The molecule has 2 unspecified atom stereocenters. The highest BCUT2D eigenvalue weighted by molar-refractivity contribution is 5.74. The Morgan fingerprint density at radius 3 is 2.46 bits per heavy atom. The zero-order valence-electron chi connectivity index (χ0n) is 8.54. The summed E-state index contributed by atoms with van der Waals surface area (Å²) in [5, 5.41) is 0. The Hall–Kier alpha value is -0.770. The van der Waals surface area contributed by atoms with E-state index in [0.29, 0.717) is 18.7 Å². The molecular weight excluding hydrogens is 168 g/mol. The number of urea groups is 1. The number of rotatable bonds is 2. The van der Waals surface area contributed by atoms with E-state index in [4.69, 9.17) is 4.84 Å². The van der Waals surface area contributed by atoms with Gasteiger partial charge in [0.25, 0.3) is 0 Å². The molecule has 2 amide bonds. The zero-order chi connectivity index (χ0) is 9.84.